The van der Waals surface area contributed by atoms with Crippen molar-refractivity contribution in [1.82, 2.24) is 4.98 Å². The first kappa shape index (κ1) is 8.31. The van der Waals surface area contributed by atoms with Crippen LogP contribution in [-0.2, 0) is 0 Å². The molecule has 1 aliphatic carbocycles. The van der Waals surface area contributed by atoms with Crippen LogP contribution in [0.1, 0.15) is 48.7 Å². The van der Waals surface area contributed by atoms with Crippen LogP contribution in [0, 0.1) is 6.92 Å². The summed E-state index contributed by atoms with van der Waals surface area (Å²) in [6, 6.07) is 0. The quantitative estimate of drug-likeness (QED) is 0.646. The molecule has 0 radical (unpaired) electrons. The monoisotopic (exact) mass is 181 g/mol. The van der Waals surface area contributed by atoms with Crippen LogP contribution < -0.4 is 0 Å². The first-order valence-corrected chi connectivity index (χ1v) is 5.88. The van der Waals surface area contributed by atoms with Crippen LogP contribution in [0.15, 0.2) is 6.20 Å². The second kappa shape index (κ2) is 3.62. The largest absolute Gasteiger partial charge is 0.256 e. The summed E-state index contributed by atoms with van der Waals surface area (Å²) < 4.78 is 0. The second-order valence-electron chi connectivity index (χ2n) is 3.79. The fraction of sp³-hybridized carbons (Fsp3) is 0.700. The predicted octanol–water partition coefficient (Wildman–Crippen LogP) is 3.47. The minimum absolute atomic E-state index is 0.839. The molecule has 1 fully saturated rings. The Bertz CT molecular complexity index is 248. The lowest BCUT2D eigenvalue weighted by atomic mass is 9.90. The van der Waals surface area contributed by atoms with Gasteiger partial charge in [-0.05, 0) is 25.1 Å². The average molecular weight is 181 g/mol. The highest BCUT2D eigenvalue weighted by atomic mass is 31.0. The van der Waals surface area contributed by atoms with Gasteiger partial charge in [-0.2, -0.15) is 0 Å². The molecule has 1 aliphatic rings. The minimum atomic E-state index is 0.839. The molecule has 1 aromatic rings. The zero-order valence-corrected chi connectivity index (χ0v) is 8.64. The lowest BCUT2D eigenvalue weighted by Gasteiger charge is -2.19. The number of aromatic nitrogens is 1. The Balaban J connectivity index is 2.08. The third kappa shape index (κ3) is 1.72. The first-order valence-electron chi connectivity index (χ1n) is 4.88. The Kier molecular flexibility index (Phi) is 2.51. The van der Waals surface area contributed by atoms with E-state index in [9.17, 15) is 0 Å². The molecule has 2 rings (SSSR count). The third-order valence-electron chi connectivity index (χ3n) is 2.71. The van der Waals surface area contributed by atoms with Crippen molar-refractivity contribution >= 4 is 8.19 Å². The minimum Gasteiger partial charge on any atom is -0.256 e. The number of hydrogen-bond acceptors (Lipinski definition) is 1. The van der Waals surface area contributed by atoms with E-state index in [2.05, 4.69) is 18.1 Å². The van der Waals surface area contributed by atoms with E-state index in [-0.39, 0.29) is 0 Å². The molecule has 0 amide bonds. The molecule has 0 bridgehead atoms. The Morgan fingerprint density at radius 1 is 1.33 bits per heavy atom. The van der Waals surface area contributed by atoms with Gasteiger partial charge in [-0.3, -0.25) is 4.98 Å². The molecule has 0 spiro atoms. The van der Waals surface area contributed by atoms with Gasteiger partial charge in [0.25, 0.3) is 0 Å². The zero-order valence-electron chi connectivity index (χ0n) is 7.64. The second-order valence-corrected chi connectivity index (χ2v) is 5.34. The maximum atomic E-state index is 4.51. The van der Waals surface area contributed by atoms with E-state index in [4.69, 9.17) is 0 Å². The Hall–Kier alpha value is -0.290. The Morgan fingerprint density at radius 2 is 2.08 bits per heavy atom. The SMILES string of the molecule is Cc1cnc(C2CCCCC2)[pH]1. The van der Waals surface area contributed by atoms with Gasteiger partial charge in [-0.1, -0.05) is 19.3 Å². The Labute approximate surface area is 75.7 Å². The van der Waals surface area contributed by atoms with E-state index >= 15 is 0 Å². The van der Waals surface area contributed by atoms with E-state index in [1.807, 2.05) is 0 Å². The summed E-state index contributed by atoms with van der Waals surface area (Å²) in [5.74, 6) is 0.839. The summed E-state index contributed by atoms with van der Waals surface area (Å²) in [6.45, 7) is 2.19. The molecule has 1 aromatic heterocycles. The predicted molar refractivity (Wildman–Crippen MR) is 54.3 cm³/mol. The van der Waals surface area contributed by atoms with E-state index in [0.29, 0.717) is 0 Å². The van der Waals surface area contributed by atoms with Crippen molar-refractivity contribution in [3.05, 3.63) is 16.9 Å². The molecule has 2 heteroatoms. The van der Waals surface area contributed by atoms with Crippen LogP contribution in [0.2, 0.25) is 0 Å². The van der Waals surface area contributed by atoms with E-state index in [1.165, 1.54) is 42.8 Å². The summed E-state index contributed by atoms with van der Waals surface area (Å²) in [5.41, 5.74) is 1.49. The maximum absolute atomic E-state index is 4.51. The highest BCUT2D eigenvalue weighted by molar-refractivity contribution is 7.31. The van der Waals surface area contributed by atoms with Gasteiger partial charge in [0.2, 0.25) is 0 Å². The molecule has 1 unspecified atom stereocenters. The average Bonchev–Trinajstić information content (AvgIpc) is 2.54. The van der Waals surface area contributed by atoms with Gasteiger partial charge in [-0.25, -0.2) is 0 Å². The van der Waals surface area contributed by atoms with E-state index < -0.39 is 0 Å². The zero-order chi connectivity index (χ0) is 8.39. The van der Waals surface area contributed by atoms with Crippen molar-refractivity contribution in [1.29, 1.82) is 0 Å². The molecule has 0 aromatic carbocycles. The van der Waals surface area contributed by atoms with Crippen LogP contribution in [0.25, 0.3) is 0 Å². The van der Waals surface area contributed by atoms with Crippen LogP contribution in [0.3, 0.4) is 0 Å². The summed E-state index contributed by atoms with van der Waals surface area (Å²) in [5, 5.41) is 1.47. The molecular formula is C10H16NP. The van der Waals surface area contributed by atoms with E-state index in [0.717, 1.165) is 14.1 Å². The molecule has 66 valence electrons. The smallest absolute Gasteiger partial charge is 0.0595 e. The molecule has 0 saturated heterocycles. The van der Waals surface area contributed by atoms with E-state index in [1.54, 1.807) is 0 Å². The molecular weight excluding hydrogens is 165 g/mol. The van der Waals surface area contributed by atoms with Gasteiger partial charge >= 0.3 is 0 Å². The van der Waals surface area contributed by atoms with Crippen LogP contribution in [0.4, 0.5) is 0 Å². The highest BCUT2D eigenvalue weighted by Crippen LogP contribution is 2.36. The molecule has 12 heavy (non-hydrogen) atoms. The van der Waals surface area contributed by atoms with Crippen LogP contribution >= 0.6 is 8.19 Å². The van der Waals surface area contributed by atoms with Crippen molar-refractivity contribution in [3.63, 3.8) is 0 Å². The lowest BCUT2D eigenvalue weighted by Crippen LogP contribution is -2.03. The van der Waals surface area contributed by atoms with Crippen molar-refractivity contribution in [2.45, 2.75) is 44.9 Å². The maximum Gasteiger partial charge on any atom is 0.0595 e. The van der Waals surface area contributed by atoms with Crippen molar-refractivity contribution < 1.29 is 0 Å². The summed E-state index contributed by atoms with van der Waals surface area (Å²) in [4.78, 5) is 4.51. The summed E-state index contributed by atoms with van der Waals surface area (Å²) in [7, 11) is 0.915. The topological polar surface area (TPSA) is 12.9 Å². The highest BCUT2D eigenvalue weighted by Gasteiger charge is 2.16. The van der Waals surface area contributed by atoms with Crippen molar-refractivity contribution in [3.8, 4) is 0 Å². The van der Waals surface area contributed by atoms with Crippen molar-refractivity contribution in [2.75, 3.05) is 0 Å². The van der Waals surface area contributed by atoms with Gasteiger partial charge in [0, 0.05) is 12.1 Å². The molecule has 1 heterocycles. The number of rotatable bonds is 1. The summed E-state index contributed by atoms with van der Waals surface area (Å²) in [6.07, 6.45) is 9.14. The lowest BCUT2D eigenvalue weighted by molar-refractivity contribution is 0.442. The molecule has 0 aliphatic heterocycles. The molecule has 1 saturated carbocycles. The number of hydrogen-bond donors (Lipinski definition) is 0. The van der Waals surface area contributed by atoms with Gasteiger partial charge in [0.1, 0.15) is 0 Å². The third-order valence-corrected chi connectivity index (χ3v) is 4.03. The standard InChI is InChI=1S/C10H16NP/c1-8-7-11-10(12-8)9-5-3-2-4-6-9/h7,9,12H,2-6H2,1H3. The fourth-order valence-corrected chi connectivity index (χ4v) is 3.17. The van der Waals surface area contributed by atoms with Gasteiger partial charge in [0.05, 0.1) is 5.43 Å². The first-order chi connectivity index (χ1) is 5.86. The molecule has 0 N–H and O–H groups in total. The summed E-state index contributed by atoms with van der Waals surface area (Å²) >= 11 is 0. The normalized spacial score (nSPS) is 20.4. The Morgan fingerprint density at radius 3 is 2.67 bits per heavy atom. The van der Waals surface area contributed by atoms with Crippen molar-refractivity contribution in [2.24, 2.45) is 0 Å². The fourth-order valence-electron chi connectivity index (χ4n) is 2.02. The van der Waals surface area contributed by atoms with Crippen LogP contribution in [0.5, 0.6) is 0 Å². The molecule has 1 atom stereocenters. The van der Waals surface area contributed by atoms with Crippen LogP contribution in [-0.4, -0.2) is 4.98 Å². The number of aryl methyl sites for hydroxylation is 1. The van der Waals surface area contributed by atoms with Gasteiger partial charge < -0.3 is 0 Å². The number of nitrogens with zero attached hydrogens (tertiary/aromatic N) is 1. The van der Waals surface area contributed by atoms with Gasteiger partial charge in [0.15, 0.2) is 0 Å². The molecule has 1 nitrogen and oxygen atoms in total. The van der Waals surface area contributed by atoms with Gasteiger partial charge in [-0.15, -0.1) is 8.19 Å².